The zero-order valence-corrected chi connectivity index (χ0v) is 69.4. The summed E-state index contributed by atoms with van der Waals surface area (Å²) in [6.45, 7) is -0.408. The van der Waals surface area contributed by atoms with Crippen LogP contribution in [0.3, 0.4) is 0 Å². The number of aromatic hydroxyl groups is 2. The molecule has 2 amide bonds. The lowest BCUT2D eigenvalue weighted by molar-refractivity contribution is -0.120. The summed E-state index contributed by atoms with van der Waals surface area (Å²) in [5, 5.41) is 45.7. The van der Waals surface area contributed by atoms with Crippen LogP contribution in [-0.2, 0) is 54.8 Å². The fourth-order valence-corrected chi connectivity index (χ4v) is 15.9. The summed E-state index contributed by atoms with van der Waals surface area (Å²) in [6, 6.07) is 33.8. The van der Waals surface area contributed by atoms with Gasteiger partial charge in [0.15, 0.2) is 20.4 Å². The molecule has 572 valence electrons. The summed E-state index contributed by atoms with van der Waals surface area (Å²) < 4.78 is 150. The number of phenols is 2. The summed E-state index contributed by atoms with van der Waals surface area (Å²) in [5.74, 6) is -1.34. The number of nitrogens with one attached hydrogen (secondary N) is 8. The minimum atomic E-state index is -4.99. The highest BCUT2D eigenvalue weighted by Crippen LogP contribution is 2.35. The Balaban J connectivity index is 0.817. The molecule has 0 aromatic heterocycles. The molecule has 0 fully saturated rings. The molecule has 8 aromatic rings. The molecule has 29 nitrogen and oxygen atoms in total. The van der Waals surface area contributed by atoms with E-state index >= 15 is 0 Å². The van der Waals surface area contributed by atoms with Crippen LogP contribution < -0.4 is 52.6 Å². The Morgan fingerprint density at radius 2 is 0.706 bits per heavy atom. The number of amides is 2. The van der Waals surface area contributed by atoms with E-state index in [1.165, 1.54) is 95.1 Å². The quantitative estimate of drug-likeness (QED) is 0.00541. The minimum Gasteiger partial charge on any atom is -0.506 e. The molecule has 0 unspecified atom stereocenters. The Morgan fingerprint density at radius 1 is 0.431 bits per heavy atom. The van der Waals surface area contributed by atoms with Gasteiger partial charge in [0.05, 0.1) is 43.5 Å². The van der Waals surface area contributed by atoms with Crippen LogP contribution in [-0.4, -0.2) is 146 Å². The highest BCUT2D eigenvalue weighted by atomic mass is 79.9. The zero-order chi connectivity index (χ0) is 79.7. The van der Waals surface area contributed by atoms with E-state index in [2.05, 4.69) is 117 Å². The van der Waals surface area contributed by atoms with Gasteiger partial charge in [-0.3, -0.25) is 27.8 Å². The highest BCUT2D eigenvalue weighted by Gasteiger charge is 2.24. The van der Waals surface area contributed by atoms with Crippen LogP contribution in [0.4, 0.5) is 34.1 Å². The molecule has 8 aromatic carbocycles. The van der Waals surface area contributed by atoms with E-state index in [0.29, 0.717) is 50.4 Å². The van der Waals surface area contributed by atoms with Gasteiger partial charge in [-0.25, -0.2) is 10.9 Å². The summed E-state index contributed by atoms with van der Waals surface area (Å²) in [6.07, 6.45) is 7.40. The van der Waals surface area contributed by atoms with Gasteiger partial charge in [0.2, 0.25) is 0 Å². The molecule has 43 heteroatoms. The van der Waals surface area contributed by atoms with Crippen LogP contribution in [0.2, 0.25) is 10.0 Å². The number of nitrogens with zero attached hydrogens (tertiary/aromatic N) is 4. The van der Waals surface area contributed by atoms with Gasteiger partial charge in [-0.05, 0) is 267 Å². The normalized spacial score (nSPS) is 11.9. The molecule has 0 atom stereocenters. The number of anilines is 6. The number of thiocarbonyl (C=S) groups is 4. The Morgan fingerprint density at radius 3 is 0.982 bits per heavy atom. The maximum atomic E-state index is 13.2. The third-order valence-corrected chi connectivity index (χ3v) is 22.1. The van der Waals surface area contributed by atoms with Crippen molar-refractivity contribution in [3.05, 3.63) is 207 Å². The number of hydrogen-bond donors (Lipinski definition) is 14. The molecular formula is C66H56Br4Cl2N12O17S8. The van der Waals surface area contributed by atoms with Crippen molar-refractivity contribution in [2.24, 2.45) is 10.2 Å². The van der Waals surface area contributed by atoms with Crippen molar-refractivity contribution in [2.75, 3.05) is 70.5 Å². The number of carbonyl (C=O) groups is 2. The van der Waals surface area contributed by atoms with Crippen molar-refractivity contribution in [1.82, 2.24) is 21.5 Å². The third-order valence-electron chi connectivity index (χ3n) is 14.4. The first kappa shape index (κ1) is 86.6. The fraction of sp³-hybridized carbons (Fsp3) is 0.0909. The molecule has 0 aliphatic rings. The Kier molecular flexibility index (Phi) is 30.8. The van der Waals surface area contributed by atoms with E-state index < -0.39 is 85.0 Å². The van der Waals surface area contributed by atoms with E-state index in [1.807, 2.05) is 0 Å². The number of phenolic OH excluding ortho intramolecular Hbond substituents is 2. The van der Waals surface area contributed by atoms with Crippen LogP contribution in [0.25, 0.3) is 24.3 Å². The first-order valence-electron chi connectivity index (χ1n) is 30.5. The van der Waals surface area contributed by atoms with Crippen molar-refractivity contribution in [2.45, 2.75) is 19.6 Å². The Labute approximate surface area is 689 Å². The smallest absolute Gasteiger partial charge is 0.295 e. The van der Waals surface area contributed by atoms with E-state index in [1.54, 1.807) is 72.8 Å². The van der Waals surface area contributed by atoms with Crippen molar-refractivity contribution in [3.63, 3.8) is 0 Å². The first-order chi connectivity index (χ1) is 51.3. The van der Waals surface area contributed by atoms with Crippen molar-refractivity contribution in [1.29, 1.82) is 0 Å². The molecule has 0 spiro atoms. The predicted molar refractivity (Wildman–Crippen MR) is 451 cm³/mol. The maximum Gasteiger partial charge on any atom is 0.295 e. The van der Waals surface area contributed by atoms with Gasteiger partial charge in [0.1, 0.15) is 44.2 Å². The number of hydrogen-bond acceptors (Lipinski definition) is 19. The summed E-state index contributed by atoms with van der Waals surface area (Å²) >= 11 is 47.3. The molecule has 14 N–H and O–H groups in total. The van der Waals surface area contributed by atoms with Gasteiger partial charge >= 0.3 is 0 Å². The Hall–Kier alpha value is -8.02. The van der Waals surface area contributed by atoms with Crippen LogP contribution >= 0.6 is 136 Å². The average molecular weight is 1940 g/mol. The zero-order valence-electron chi connectivity index (χ0n) is 55.1. The second-order valence-electron chi connectivity index (χ2n) is 22.2. The van der Waals surface area contributed by atoms with E-state index in [9.17, 15) is 71.7 Å². The molecule has 0 saturated heterocycles. The van der Waals surface area contributed by atoms with Crippen molar-refractivity contribution in [3.8, 4) is 11.5 Å². The molecule has 8 rings (SSSR count). The molecule has 0 bridgehead atoms. The van der Waals surface area contributed by atoms with Crippen LogP contribution in [0.1, 0.15) is 33.4 Å². The molecule has 0 radical (unpaired) electrons. The third kappa shape index (κ3) is 26.0. The number of halogens is 6. The number of benzene rings is 8. The largest absolute Gasteiger partial charge is 0.506 e. The summed E-state index contributed by atoms with van der Waals surface area (Å²) in [5.41, 5.74) is 6.46. The van der Waals surface area contributed by atoms with Crippen LogP contribution in [0.15, 0.2) is 193 Å². The number of hydrazone groups is 2. The molecule has 0 aliphatic carbocycles. The average Bonchev–Trinajstić information content (AvgIpc) is 0.836. The Bertz CT molecular complexity index is 5110. The lowest BCUT2D eigenvalue weighted by atomic mass is 10.1. The number of rotatable bonds is 28. The molecule has 109 heavy (non-hydrogen) atoms. The summed E-state index contributed by atoms with van der Waals surface area (Å²) in [7, 11) is -19.9. The van der Waals surface area contributed by atoms with Gasteiger partial charge < -0.3 is 56.7 Å². The molecule has 0 aliphatic heterocycles. The molecular weight excluding hydrogens is 1880 g/mol. The molecule has 0 heterocycles. The van der Waals surface area contributed by atoms with Gasteiger partial charge in [0, 0.05) is 57.3 Å². The molecule has 0 saturated carbocycles. The number of ether oxygens (including phenoxy) is 1. The van der Waals surface area contributed by atoms with E-state index in [-0.39, 0.29) is 103 Å². The SMILES string of the molecule is O=C(CN(C(=S)Nc1ccc(/C=C/c2ccc(NC(=S)NCCOCCNC(=S)Nc3ccc(/C=C/c4ccc(NC(=S)N(CC(=O)N/N=C\c5cc(Br)c(O)c(Br)c5)c5ccc(Cl)cc5)cc4S(=O)(=O)O)c(S(=O)(=O)O)c3)cc2S(=O)(=O)O)c(S(=O)(=O)O)c1)c1ccc(Cl)cc1)N/N=C\c1cc(Br)c(O)c(Br)c1. The second-order valence-corrected chi connectivity index (χ2v) is 33.6. The number of carbonyl (C=O) groups excluding carboxylic acids is 2. The van der Waals surface area contributed by atoms with Gasteiger partial charge in [0.25, 0.3) is 52.3 Å². The van der Waals surface area contributed by atoms with Crippen LogP contribution in [0.5, 0.6) is 11.5 Å². The first-order valence-corrected chi connectivity index (χ1v) is 41.8. The lowest BCUT2D eigenvalue weighted by Gasteiger charge is -2.25. The summed E-state index contributed by atoms with van der Waals surface area (Å²) in [4.78, 5) is 26.6. The lowest BCUT2D eigenvalue weighted by Crippen LogP contribution is -2.41. The fourth-order valence-electron chi connectivity index (χ4n) is 9.40. The second kappa shape index (κ2) is 38.8. The highest BCUT2D eigenvalue weighted by molar-refractivity contribution is 9.11. The van der Waals surface area contributed by atoms with Crippen molar-refractivity contribution >= 4 is 279 Å². The topological polar surface area (TPSA) is 429 Å². The van der Waals surface area contributed by atoms with Gasteiger partial charge in [-0.1, -0.05) is 71.8 Å². The van der Waals surface area contributed by atoms with Gasteiger partial charge in [-0.2, -0.15) is 43.9 Å². The minimum absolute atomic E-state index is 0.0125. The monoisotopic (exact) mass is 1930 g/mol. The standard InChI is InChI=1S/C66H56Br4Cl2N12O17S8/c67-51-25-37(26-52(68)61(51)87)33-75-81-59(85)35-83(49-17-9-43(71)10-18-49)65(104)79-47-15-7-41(57(31-47)108(95,96)97)3-1-39-5-13-45(29-55(39)106(89,90)91)77-63(102)73-21-23-101-24-22-74-64(103)78-46-14-6-40(56(30-46)107(92,93)94)2-4-42-8-16-48(32-58(42)109(98,99)100)80-66(105)84(50-19-11-44(72)12-20-50)36-60(86)82-76-34-38-27-53(69)62(88)54(70)28-38/h1-20,25-34,87-88H,21-24,35-36H2,(H,79,104)(H,80,105)(H,81,85)(H,82,86)(H2,73,77,102)(H2,74,78,103)(H,89,90,91)(H,92,93,94)(H,95,96,97)(H,98,99,100)/b3-1+,4-2+,75-33-,76-34-. The predicted octanol–water partition coefficient (Wildman–Crippen LogP) is 12.8. The van der Waals surface area contributed by atoms with E-state index in [0.717, 1.165) is 24.3 Å². The maximum absolute atomic E-state index is 13.2. The van der Waals surface area contributed by atoms with Crippen LogP contribution in [0, 0.1) is 0 Å². The van der Waals surface area contributed by atoms with E-state index in [4.69, 9.17) is 76.8 Å². The van der Waals surface area contributed by atoms with Gasteiger partial charge in [-0.15, -0.1) is 0 Å². The van der Waals surface area contributed by atoms with Crippen molar-refractivity contribution < 1.29 is 76.4 Å².